The normalized spacial score (nSPS) is 19.3. The molecule has 1 unspecified atom stereocenters. The molecule has 1 fully saturated rings. The van der Waals surface area contributed by atoms with Gasteiger partial charge in [-0.3, -0.25) is 4.98 Å². The minimum atomic E-state index is 0.423. The van der Waals surface area contributed by atoms with Gasteiger partial charge < -0.3 is 15.4 Å². The molecule has 2 aromatic rings. The van der Waals surface area contributed by atoms with Gasteiger partial charge in [-0.15, -0.1) is 0 Å². The summed E-state index contributed by atoms with van der Waals surface area (Å²) in [5.74, 6) is 0. The van der Waals surface area contributed by atoms with Crippen molar-refractivity contribution in [2.45, 2.75) is 12.5 Å². The highest BCUT2D eigenvalue weighted by atomic mass is 16.5. The second-order valence-electron chi connectivity index (χ2n) is 4.72. The number of ether oxygens (including phenoxy) is 1. The first-order valence-electron chi connectivity index (χ1n) is 6.20. The van der Waals surface area contributed by atoms with E-state index in [4.69, 9.17) is 10.5 Å². The van der Waals surface area contributed by atoms with E-state index in [2.05, 4.69) is 29.1 Å². The molecule has 2 N–H and O–H groups in total. The Morgan fingerprint density at radius 1 is 1.39 bits per heavy atom. The van der Waals surface area contributed by atoms with Gasteiger partial charge in [-0.1, -0.05) is 6.07 Å². The molecule has 1 saturated heterocycles. The summed E-state index contributed by atoms with van der Waals surface area (Å²) in [6.45, 7) is 1.62. The number of likely N-dealkylation sites (N-methyl/N-ethyl adjacent to an activating group) is 1. The number of pyridine rings is 1. The van der Waals surface area contributed by atoms with Crippen LogP contribution in [0.2, 0.25) is 0 Å². The first kappa shape index (κ1) is 11.3. The summed E-state index contributed by atoms with van der Waals surface area (Å²) in [4.78, 5) is 6.34. The van der Waals surface area contributed by atoms with Crippen LogP contribution in [0.25, 0.3) is 10.8 Å². The fourth-order valence-corrected chi connectivity index (χ4v) is 2.51. The number of rotatable bonds is 2. The summed E-state index contributed by atoms with van der Waals surface area (Å²) in [6, 6.07) is 6.53. The van der Waals surface area contributed by atoms with E-state index in [1.807, 2.05) is 12.3 Å². The summed E-state index contributed by atoms with van der Waals surface area (Å²) < 4.78 is 5.43. The minimum absolute atomic E-state index is 0.423. The summed E-state index contributed by atoms with van der Waals surface area (Å²) in [6.07, 6.45) is 4.68. The minimum Gasteiger partial charge on any atom is -0.397 e. The van der Waals surface area contributed by atoms with Crippen LogP contribution in [0, 0.1) is 0 Å². The molecule has 0 bridgehead atoms. The smallest absolute Gasteiger partial charge is 0.0670 e. The second kappa shape index (κ2) is 4.46. The van der Waals surface area contributed by atoms with Crippen LogP contribution in [0.5, 0.6) is 0 Å². The van der Waals surface area contributed by atoms with Gasteiger partial charge in [0.25, 0.3) is 0 Å². The molecule has 1 aromatic carbocycles. The van der Waals surface area contributed by atoms with Gasteiger partial charge >= 0.3 is 0 Å². The molecule has 1 aliphatic rings. The zero-order valence-corrected chi connectivity index (χ0v) is 10.5. The van der Waals surface area contributed by atoms with Crippen LogP contribution in [-0.4, -0.2) is 31.3 Å². The number of anilines is 2. The second-order valence-corrected chi connectivity index (χ2v) is 4.72. The molecule has 0 aliphatic carbocycles. The molecule has 94 valence electrons. The summed E-state index contributed by atoms with van der Waals surface area (Å²) >= 11 is 0. The Morgan fingerprint density at radius 3 is 3.06 bits per heavy atom. The molecule has 2 heterocycles. The van der Waals surface area contributed by atoms with E-state index in [1.54, 1.807) is 6.20 Å². The zero-order valence-electron chi connectivity index (χ0n) is 10.5. The number of benzene rings is 1. The number of nitrogens with zero attached hydrogens (tertiary/aromatic N) is 2. The van der Waals surface area contributed by atoms with Crippen molar-refractivity contribution >= 4 is 22.1 Å². The number of nitrogen functional groups attached to an aromatic ring is 1. The first-order chi connectivity index (χ1) is 8.77. The Bertz CT molecular complexity index is 564. The highest BCUT2D eigenvalue weighted by Gasteiger charge is 2.22. The highest BCUT2D eigenvalue weighted by Crippen LogP contribution is 2.32. The molecule has 0 saturated carbocycles. The topological polar surface area (TPSA) is 51.4 Å². The van der Waals surface area contributed by atoms with Gasteiger partial charge in [0, 0.05) is 36.8 Å². The molecule has 1 aromatic heterocycles. The van der Waals surface area contributed by atoms with E-state index < -0.39 is 0 Å². The van der Waals surface area contributed by atoms with Gasteiger partial charge in [0.05, 0.1) is 24.0 Å². The van der Waals surface area contributed by atoms with Crippen molar-refractivity contribution in [2.24, 2.45) is 0 Å². The number of hydrogen-bond donors (Lipinski definition) is 1. The molecule has 0 amide bonds. The third kappa shape index (κ3) is 1.78. The van der Waals surface area contributed by atoms with Gasteiger partial charge in [0.2, 0.25) is 0 Å². The van der Waals surface area contributed by atoms with E-state index in [0.717, 1.165) is 41.8 Å². The molecular formula is C14H17N3O. The number of nitrogens with two attached hydrogens (primary N) is 1. The standard InChI is InChI=1S/C14H17N3O/c1-17(11-5-7-18-9-11)13-3-2-10-8-16-6-4-12(10)14(13)15/h2-4,6,8,11H,5,7,9,15H2,1H3. The molecule has 4 heteroatoms. The summed E-state index contributed by atoms with van der Waals surface area (Å²) in [7, 11) is 2.08. The number of aromatic nitrogens is 1. The Labute approximate surface area is 106 Å². The van der Waals surface area contributed by atoms with E-state index in [0.29, 0.717) is 6.04 Å². The van der Waals surface area contributed by atoms with Crippen LogP contribution in [0.3, 0.4) is 0 Å². The molecule has 18 heavy (non-hydrogen) atoms. The lowest BCUT2D eigenvalue weighted by atomic mass is 10.1. The third-order valence-corrected chi connectivity index (χ3v) is 3.67. The van der Waals surface area contributed by atoms with Crippen molar-refractivity contribution in [2.75, 3.05) is 30.9 Å². The van der Waals surface area contributed by atoms with Crippen LogP contribution >= 0.6 is 0 Å². The molecular weight excluding hydrogens is 226 g/mol. The SMILES string of the molecule is CN(c1ccc2cnccc2c1N)C1CCOC1. The monoisotopic (exact) mass is 243 g/mol. The lowest BCUT2D eigenvalue weighted by Gasteiger charge is -2.27. The molecule has 1 aliphatic heterocycles. The average molecular weight is 243 g/mol. The van der Waals surface area contributed by atoms with Gasteiger partial charge in [-0.25, -0.2) is 0 Å². The predicted octanol–water partition coefficient (Wildman–Crippen LogP) is 2.04. The first-order valence-corrected chi connectivity index (χ1v) is 6.20. The van der Waals surface area contributed by atoms with Crippen molar-refractivity contribution in [3.05, 3.63) is 30.6 Å². The van der Waals surface area contributed by atoms with E-state index >= 15 is 0 Å². The molecule has 3 rings (SSSR count). The lowest BCUT2D eigenvalue weighted by Crippen LogP contribution is -2.32. The van der Waals surface area contributed by atoms with Crippen molar-refractivity contribution < 1.29 is 4.74 Å². The lowest BCUT2D eigenvalue weighted by molar-refractivity contribution is 0.193. The molecule has 1 atom stereocenters. The predicted molar refractivity (Wildman–Crippen MR) is 73.8 cm³/mol. The van der Waals surface area contributed by atoms with E-state index in [9.17, 15) is 0 Å². The number of fused-ring (bicyclic) bond motifs is 1. The fourth-order valence-electron chi connectivity index (χ4n) is 2.51. The maximum absolute atomic E-state index is 6.28. The highest BCUT2D eigenvalue weighted by molar-refractivity contribution is 5.98. The average Bonchev–Trinajstić information content (AvgIpc) is 2.93. The van der Waals surface area contributed by atoms with Gasteiger partial charge in [-0.2, -0.15) is 0 Å². The van der Waals surface area contributed by atoms with Crippen LogP contribution in [-0.2, 0) is 4.74 Å². The van der Waals surface area contributed by atoms with Gasteiger partial charge in [0.1, 0.15) is 0 Å². The van der Waals surface area contributed by atoms with Crippen LogP contribution < -0.4 is 10.6 Å². The van der Waals surface area contributed by atoms with Crippen LogP contribution in [0.15, 0.2) is 30.6 Å². The molecule has 0 radical (unpaired) electrons. The van der Waals surface area contributed by atoms with Crippen molar-refractivity contribution in [3.63, 3.8) is 0 Å². The Balaban J connectivity index is 2.03. The quantitative estimate of drug-likeness (QED) is 0.820. The van der Waals surface area contributed by atoms with Crippen molar-refractivity contribution in [1.29, 1.82) is 0 Å². The third-order valence-electron chi connectivity index (χ3n) is 3.67. The zero-order chi connectivity index (χ0) is 12.5. The van der Waals surface area contributed by atoms with Crippen LogP contribution in [0.4, 0.5) is 11.4 Å². The fraction of sp³-hybridized carbons (Fsp3) is 0.357. The summed E-state index contributed by atoms with van der Waals surface area (Å²) in [5, 5.41) is 2.14. The molecule has 4 nitrogen and oxygen atoms in total. The number of hydrogen-bond acceptors (Lipinski definition) is 4. The summed E-state index contributed by atoms with van der Waals surface area (Å²) in [5.41, 5.74) is 8.17. The van der Waals surface area contributed by atoms with Crippen molar-refractivity contribution in [1.82, 2.24) is 4.98 Å². The Kier molecular flexibility index (Phi) is 2.80. The molecule has 0 spiro atoms. The Hall–Kier alpha value is -1.81. The van der Waals surface area contributed by atoms with Crippen molar-refractivity contribution in [3.8, 4) is 0 Å². The van der Waals surface area contributed by atoms with Crippen LogP contribution in [0.1, 0.15) is 6.42 Å². The van der Waals surface area contributed by atoms with E-state index in [-0.39, 0.29) is 0 Å². The van der Waals surface area contributed by atoms with Gasteiger partial charge in [-0.05, 0) is 18.6 Å². The maximum Gasteiger partial charge on any atom is 0.0670 e. The largest absolute Gasteiger partial charge is 0.397 e. The maximum atomic E-state index is 6.28. The van der Waals surface area contributed by atoms with E-state index in [1.165, 1.54) is 0 Å². The van der Waals surface area contributed by atoms with Gasteiger partial charge in [0.15, 0.2) is 0 Å². The Morgan fingerprint density at radius 2 is 2.28 bits per heavy atom.